The molecule has 1 aliphatic carbocycles. The van der Waals surface area contributed by atoms with Crippen LogP contribution in [-0.2, 0) is 27.8 Å². The highest BCUT2D eigenvalue weighted by molar-refractivity contribution is 7.89. The molecule has 0 radical (unpaired) electrons. The van der Waals surface area contributed by atoms with Crippen LogP contribution >= 0.6 is 0 Å². The predicted octanol–water partition coefficient (Wildman–Crippen LogP) is 2.56. The lowest BCUT2D eigenvalue weighted by molar-refractivity contribution is -0.120. The van der Waals surface area contributed by atoms with Gasteiger partial charge in [-0.25, -0.2) is 8.42 Å². The molecule has 1 atom stereocenters. The minimum atomic E-state index is -3.77. The van der Waals surface area contributed by atoms with Gasteiger partial charge in [0.25, 0.3) is 0 Å². The van der Waals surface area contributed by atoms with Crippen LogP contribution in [-0.4, -0.2) is 42.9 Å². The molecule has 0 saturated heterocycles. The Morgan fingerprint density at radius 3 is 2.55 bits per heavy atom. The summed E-state index contributed by atoms with van der Waals surface area (Å²) in [6.45, 7) is 1.97. The second-order valence-electron chi connectivity index (χ2n) is 7.87. The van der Waals surface area contributed by atoms with Gasteiger partial charge in [0, 0.05) is 30.7 Å². The third-order valence-corrected chi connectivity index (χ3v) is 7.46. The minimum absolute atomic E-state index is 0.0248. The highest BCUT2D eigenvalue weighted by atomic mass is 32.2. The van der Waals surface area contributed by atoms with Crippen molar-refractivity contribution in [3.8, 4) is 0 Å². The van der Waals surface area contributed by atoms with Crippen molar-refractivity contribution in [2.24, 2.45) is 5.92 Å². The summed E-state index contributed by atoms with van der Waals surface area (Å²) in [7, 11) is -3.77. The first kappa shape index (κ1) is 20.1. The van der Waals surface area contributed by atoms with Gasteiger partial charge >= 0.3 is 0 Å². The van der Waals surface area contributed by atoms with Crippen LogP contribution in [0.3, 0.4) is 0 Å². The molecule has 6 nitrogen and oxygen atoms in total. The molecule has 2 aromatic carbocycles. The zero-order valence-electron chi connectivity index (χ0n) is 16.5. The number of amides is 1. The molecule has 1 fully saturated rings. The average Bonchev–Trinajstić information content (AvgIpc) is 3.50. The number of rotatable bonds is 7. The largest absolute Gasteiger partial charge is 0.395 e. The van der Waals surface area contributed by atoms with Crippen molar-refractivity contribution in [1.29, 1.82) is 0 Å². The van der Waals surface area contributed by atoms with Gasteiger partial charge in [-0.1, -0.05) is 30.3 Å². The highest BCUT2D eigenvalue weighted by Crippen LogP contribution is 2.39. The van der Waals surface area contributed by atoms with E-state index in [2.05, 4.69) is 0 Å². The Labute approximate surface area is 171 Å². The summed E-state index contributed by atoms with van der Waals surface area (Å²) in [4.78, 5) is 14.7. The molecule has 2 aliphatic rings. The maximum atomic E-state index is 13.3. The first-order chi connectivity index (χ1) is 13.9. The Morgan fingerprint density at radius 2 is 1.90 bits per heavy atom. The van der Waals surface area contributed by atoms with Gasteiger partial charge in [-0.3, -0.25) is 4.79 Å². The molecule has 1 unspecified atom stereocenters. The highest BCUT2D eigenvalue weighted by Gasteiger charge is 2.40. The minimum Gasteiger partial charge on any atom is -0.395 e. The van der Waals surface area contributed by atoms with Crippen LogP contribution in [0.5, 0.6) is 0 Å². The standard InChI is InChI=1S/C22H26N2O4S/c1-16-13-19-14-20(9-10-21(19)24(16)22(26)18-7-8-18)29(27,28)23(11-12-25)15-17-5-3-2-4-6-17/h2-6,9-10,14,16,18,25H,7-8,11-13,15H2,1H3. The van der Waals surface area contributed by atoms with E-state index in [1.807, 2.05) is 42.2 Å². The third-order valence-electron chi connectivity index (χ3n) is 5.62. The third kappa shape index (κ3) is 3.95. The van der Waals surface area contributed by atoms with Crippen molar-refractivity contribution in [1.82, 2.24) is 4.31 Å². The Balaban J connectivity index is 1.63. The number of aliphatic hydroxyl groups excluding tert-OH is 1. The van der Waals surface area contributed by atoms with Crippen molar-refractivity contribution >= 4 is 21.6 Å². The summed E-state index contributed by atoms with van der Waals surface area (Å²) in [5, 5.41) is 9.42. The molecule has 0 bridgehead atoms. The van der Waals surface area contributed by atoms with E-state index in [9.17, 15) is 18.3 Å². The maximum Gasteiger partial charge on any atom is 0.243 e. The van der Waals surface area contributed by atoms with Gasteiger partial charge < -0.3 is 10.0 Å². The number of aliphatic hydroxyl groups is 1. The van der Waals surface area contributed by atoms with Crippen molar-refractivity contribution < 1.29 is 18.3 Å². The van der Waals surface area contributed by atoms with Crippen LogP contribution in [0, 0.1) is 5.92 Å². The fraction of sp³-hybridized carbons (Fsp3) is 0.409. The number of hydrogen-bond acceptors (Lipinski definition) is 4. The van der Waals surface area contributed by atoms with Crippen LogP contribution in [0.15, 0.2) is 53.4 Å². The second kappa shape index (κ2) is 7.89. The molecule has 4 rings (SSSR count). The van der Waals surface area contributed by atoms with Crippen LogP contribution in [0.1, 0.15) is 30.9 Å². The van der Waals surface area contributed by atoms with Crippen molar-refractivity contribution in [2.75, 3.05) is 18.1 Å². The monoisotopic (exact) mass is 414 g/mol. The van der Waals surface area contributed by atoms with E-state index in [1.54, 1.807) is 18.2 Å². The van der Waals surface area contributed by atoms with Crippen molar-refractivity contribution in [3.05, 3.63) is 59.7 Å². The number of benzene rings is 2. The zero-order chi connectivity index (χ0) is 20.6. The molecular formula is C22H26N2O4S. The molecule has 0 spiro atoms. The van der Waals surface area contributed by atoms with E-state index in [4.69, 9.17) is 0 Å². The predicted molar refractivity (Wildman–Crippen MR) is 111 cm³/mol. The second-order valence-corrected chi connectivity index (χ2v) is 9.81. The van der Waals surface area contributed by atoms with Gasteiger partial charge in [-0.15, -0.1) is 0 Å². The smallest absolute Gasteiger partial charge is 0.243 e. The first-order valence-electron chi connectivity index (χ1n) is 10.0. The fourth-order valence-electron chi connectivity index (χ4n) is 3.96. The molecular weight excluding hydrogens is 388 g/mol. The molecule has 7 heteroatoms. The van der Waals surface area contributed by atoms with Gasteiger partial charge in [0.2, 0.25) is 15.9 Å². The van der Waals surface area contributed by atoms with Crippen LogP contribution in [0.4, 0.5) is 5.69 Å². The van der Waals surface area contributed by atoms with E-state index < -0.39 is 10.0 Å². The fourth-order valence-corrected chi connectivity index (χ4v) is 5.43. The molecule has 2 aromatic rings. The summed E-state index contributed by atoms with van der Waals surface area (Å²) in [5.41, 5.74) is 2.57. The Bertz CT molecular complexity index is 1000. The van der Waals surface area contributed by atoms with Gasteiger partial charge in [0.05, 0.1) is 11.5 Å². The van der Waals surface area contributed by atoms with E-state index in [0.717, 1.165) is 29.7 Å². The van der Waals surface area contributed by atoms with Crippen molar-refractivity contribution in [2.45, 2.75) is 43.7 Å². The van der Waals surface area contributed by atoms with Gasteiger partial charge in [-0.2, -0.15) is 4.31 Å². The number of carbonyl (C=O) groups excluding carboxylic acids is 1. The lowest BCUT2D eigenvalue weighted by Gasteiger charge is -2.23. The molecule has 1 N–H and O–H groups in total. The lowest BCUT2D eigenvalue weighted by Crippen LogP contribution is -2.36. The number of carbonyl (C=O) groups is 1. The molecule has 1 amide bonds. The van der Waals surface area contributed by atoms with E-state index >= 15 is 0 Å². The first-order valence-corrected chi connectivity index (χ1v) is 11.5. The van der Waals surface area contributed by atoms with Gasteiger partial charge in [0.15, 0.2) is 0 Å². The molecule has 1 heterocycles. The van der Waals surface area contributed by atoms with Crippen molar-refractivity contribution in [3.63, 3.8) is 0 Å². The summed E-state index contributed by atoms with van der Waals surface area (Å²) < 4.78 is 27.9. The normalized spacial score (nSPS) is 18.9. The van der Waals surface area contributed by atoms with E-state index in [0.29, 0.717) is 6.42 Å². The summed E-state index contributed by atoms with van der Waals surface area (Å²) in [6.07, 6.45) is 2.54. The Hall–Kier alpha value is -2.22. The van der Waals surface area contributed by atoms with Crippen LogP contribution in [0.2, 0.25) is 0 Å². The maximum absolute atomic E-state index is 13.3. The summed E-state index contributed by atoms with van der Waals surface area (Å²) in [6, 6.07) is 14.4. The van der Waals surface area contributed by atoms with E-state index in [1.165, 1.54) is 4.31 Å². The van der Waals surface area contributed by atoms with Crippen LogP contribution in [0.25, 0.3) is 0 Å². The number of fused-ring (bicyclic) bond motifs is 1. The number of hydrogen-bond donors (Lipinski definition) is 1. The molecule has 0 aromatic heterocycles. The van der Waals surface area contributed by atoms with Gasteiger partial charge in [0.1, 0.15) is 0 Å². The summed E-state index contributed by atoms with van der Waals surface area (Å²) in [5.74, 6) is 0.274. The number of anilines is 1. The summed E-state index contributed by atoms with van der Waals surface area (Å²) >= 11 is 0. The number of sulfonamides is 1. The average molecular weight is 415 g/mol. The lowest BCUT2D eigenvalue weighted by atomic mass is 10.1. The molecule has 1 aliphatic heterocycles. The number of nitrogens with zero attached hydrogens (tertiary/aromatic N) is 2. The van der Waals surface area contributed by atoms with Gasteiger partial charge in [-0.05, 0) is 55.5 Å². The molecule has 1 saturated carbocycles. The van der Waals surface area contributed by atoms with E-state index in [-0.39, 0.29) is 42.5 Å². The quantitative estimate of drug-likeness (QED) is 0.755. The Kier molecular flexibility index (Phi) is 5.46. The SMILES string of the molecule is CC1Cc2cc(S(=O)(=O)N(CCO)Cc3ccccc3)ccc2N1C(=O)C1CC1. The van der Waals surface area contributed by atoms with Crippen LogP contribution < -0.4 is 4.90 Å². The topological polar surface area (TPSA) is 77.9 Å². The Morgan fingerprint density at radius 1 is 1.17 bits per heavy atom. The molecule has 154 valence electrons. The molecule has 29 heavy (non-hydrogen) atoms. The zero-order valence-corrected chi connectivity index (χ0v) is 17.3.